The molecule has 174 valence electrons. The minimum absolute atomic E-state index is 0.0168. The Balaban J connectivity index is 1.61. The van der Waals surface area contributed by atoms with E-state index in [1.54, 1.807) is 0 Å². The molecule has 0 saturated carbocycles. The first kappa shape index (κ1) is 24.2. The fraction of sp³-hybridized carbons (Fsp3) is 0.500. The number of carbonyl (C=O) groups excluding carboxylic acids is 1. The summed E-state index contributed by atoms with van der Waals surface area (Å²) in [6.07, 6.45) is -0.830. The monoisotopic (exact) mass is 441 g/mol. The summed E-state index contributed by atoms with van der Waals surface area (Å²) in [4.78, 5) is 12.4. The van der Waals surface area contributed by atoms with Crippen LogP contribution in [-0.4, -0.2) is 43.2 Å². The van der Waals surface area contributed by atoms with Gasteiger partial charge in [0.25, 0.3) is 0 Å². The summed E-state index contributed by atoms with van der Waals surface area (Å²) in [6, 6.07) is 19.8. The van der Waals surface area contributed by atoms with Crippen molar-refractivity contribution in [2.24, 2.45) is 5.92 Å². The second-order valence-corrected chi connectivity index (χ2v) is 9.25. The minimum Gasteiger partial charge on any atom is -0.444 e. The van der Waals surface area contributed by atoms with Crippen molar-refractivity contribution in [2.45, 2.75) is 64.8 Å². The molecule has 1 N–H and O–H groups in total. The van der Waals surface area contributed by atoms with Crippen molar-refractivity contribution in [3.63, 3.8) is 0 Å². The second-order valence-electron chi connectivity index (χ2n) is 9.25. The number of carbonyl (C=O) groups is 1. The zero-order valence-electron chi connectivity index (χ0n) is 19.5. The molecule has 1 saturated heterocycles. The number of ether oxygens (including phenoxy) is 4. The Kier molecular flexibility index (Phi) is 8.67. The molecule has 0 bridgehead atoms. The summed E-state index contributed by atoms with van der Waals surface area (Å²) in [5.74, 6) is 0.0168. The maximum atomic E-state index is 12.4. The van der Waals surface area contributed by atoms with E-state index >= 15 is 0 Å². The van der Waals surface area contributed by atoms with Crippen molar-refractivity contribution in [2.75, 3.05) is 13.2 Å². The Morgan fingerprint density at radius 2 is 1.59 bits per heavy atom. The second kappa shape index (κ2) is 11.5. The molecule has 6 nitrogen and oxygen atoms in total. The van der Waals surface area contributed by atoms with Crippen LogP contribution in [0.3, 0.4) is 0 Å². The van der Waals surface area contributed by atoms with Gasteiger partial charge in [-0.25, -0.2) is 4.79 Å². The highest BCUT2D eigenvalue weighted by atomic mass is 16.6. The van der Waals surface area contributed by atoms with Crippen LogP contribution in [-0.2, 0) is 32.2 Å². The van der Waals surface area contributed by atoms with Gasteiger partial charge in [-0.15, -0.1) is 0 Å². The Morgan fingerprint density at radius 1 is 1.00 bits per heavy atom. The van der Waals surface area contributed by atoms with Crippen LogP contribution in [0.4, 0.5) is 4.79 Å². The van der Waals surface area contributed by atoms with Gasteiger partial charge in [-0.3, -0.25) is 0 Å². The number of hydrogen-bond donors (Lipinski definition) is 1. The number of hydrogen-bond acceptors (Lipinski definition) is 5. The summed E-state index contributed by atoms with van der Waals surface area (Å²) in [7, 11) is 0. The molecule has 0 unspecified atom stereocenters. The van der Waals surface area contributed by atoms with Gasteiger partial charge in [0.1, 0.15) is 5.60 Å². The predicted octanol–water partition coefficient (Wildman–Crippen LogP) is 4.72. The maximum absolute atomic E-state index is 12.4. The zero-order valence-corrected chi connectivity index (χ0v) is 19.5. The van der Waals surface area contributed by atoms with Crippen LogP contribution in [0.5, 0.6) is 0 Å². The first-order valence-electron chi connectivity index (χ1n) is 11.2. The first-order valence-corrected chi connectivity index (χ1v) is 11.2. The van der Waals surface area contributed by atoms with Gasteiger partial charge in [-0.05, 0) is 31.9 Å². The van der Waals surface area contributed by atoms with Gasteiger partial charge >= 0.3 is 6.09 Å². The molecule has 1 fully saturated rings. The third kappa shape index (κ3) is 7.62. The smallest absolute Gasteiger partial charge is 0.408 e. The average molecular weight is 442 g/mol. The van der Waals surface area contributed by atoms with Gasteiger partial charge in [0.2, 0.25) is 0 Å². The van der Waals surface area contributed by atoms with Crippen LogP contribution in [0, 0.1) is 5.92 Å². The maximum Gasteiger partial charge on any atom is 0.408 e. The standard InChI is InChI=1S/C26H35NO5/c1-19-23(18-29-15-20-11-7-5-8-12-20)30-17-22(27-25(28)32-26(2,3)4)24(19)31-16-21-13-9-6-10-14-21/h5-14,19,22-24H,15-18H2,1-4H3,(H,27,28)/t19-,22+,23+,24-/m0/s1. The summed E-state index contributed by atoms with van der Waals surface area (Å²) in [5.41, 5.74) is 1.63. The molecule has 3 rings (SSSR count). The lowest BCUT2D eigenvalue weighted by Crippen LogP contribution is -2.58. The van der Waals surface area contributed by atoms with E-state index in [0.29, 0.717) is 26.4 Å². The lowest BCUT2D eigenvalue weighted by molar-refractivity contribution is -0.153. The Hall–Kier alpha value is -2.41. The third-order valence-electron chi connectivity index (χ3n) is 5.37. The van der Waals surface area contributed by atoms with Crippen LogP contribution in [0.2, 0.25) is 0 Å². The molecular formula is C26H35NO5. The molecule has 1 aliphatic heterocycles. The molecular weight excluding hydrogens is 406 g/mol. The van der Waals surface area contributed by atoms with E-state index in [-0.39, 0.29) is 24.2 Å². The van der Waals surface area contributed by atoms with Crippen LogP contribution in [0.15, 0.2) is 60.7 Å². The molecule has 0 radical (unpaired) electrons. The fourth-order valence-corrected chi connectivity index (χ4v) is 3.74. The highest BCUT2D eigenvalue weighted by Crippen LogP contribution is 2.26. The number of rotatable bonds is 8. The van der Waals surface area contributed by atoms with Crippen molar-refractivity contribution in [3.8, 4) is 0 Å². The third-order valence-corrected chi connectivity index (χ3v) is 5.37. The largest absolute Gasteiger partial charge is 0.444 e. The summed E-state index contributed by atoms with van der Waals surface area (Å²) < 4.78 is 23.8. The molecule has 4 atom stereocenters. The molecule has 0 aliphatic carbocycles. The van der Waals surface area contributed by atoms with Gasteiger partial charge < -0.3 is 24.3 Å². The number of benzene rings is 2. The van der Waals surface area contributed by atoms with E-state index in [0.717, 1.165) is 11.1 Å². The van der Waals surface area contributed by atoms with Crippen molar-refractivity contribution >= 4 is 6.09 Å². The van der Waals surface area contributed by atoms with Gasteiger partial charge in [-0.2, -0.15) is 0 Å². The van der Waals surface area contributed by atoms with Crippen LogP contribution in [0.25, 0.3) is 0 Å². The van der Waals surface area contributed by atoms with Crippen LogP contribution in [0.1, 0.15) is 38.8 Å². The molecule has 32 heavy (non-hydrogen) atoms. The average Bonchev–Trinajstić information content (AvgIpc) is 2.75. The van der Waals surface area contributed by atoms with E-state index in [2.05, 4.69) is 12.2 Å². The lowest BCUT2D eigenvalue weighted by atomic mass is 9.90. The highest BCUT2D eigenvalue weighted by molar-refractivity contribution is 5.68. The summed E-state index contributed by atoms with van der Waals surface area (Å²) in [6.45, 7) is 9.39. The predicted molar refractivity (Wildman–Crippen MR) is 123 cm³/mol. The van der Waals surface area contributed by atoms with Crippen molar-refractivity contribution in [1.82, 2.24) is 5.32 Å². The topological polar surface area (TPSA) is 66.0 Å². The van der Waals surface area contributed by atoms with Gasteiger partial charge in [-0.1, -0.05) is 67.6 Å². The Labute approximate surface area is 191 Å². The van der Waals surface area contributed by atoms with Gasteiger partial charge in [0.05, 0.1) is 44.7 Å². The van der Waals surface area contributed by atoms with E-state index in [4.69, 9.17) is 18.9 Å². The number of nitrogens with one attached hydrogen (secondary N) is 1. The van der Waals surface area contributed by atoms with Crippen molar-refractivity contribution < 1.29 is 23.7 Å². The normalized spacial score (nSPS) is 23.5. The SMILES string of the molecule is C[C@@H]1[C@H](OCc2ccccc2)[C@H](NC(=O)OC(C)(C)C)CO[C@@H]1COCc1ccccc1. The molecule has 1 heterocycles. The first-order chi connectivity index (χ1) is 15.3. The van der Waals surface area contributed by atoms with Crippen molar-refractivity contribution in [1.29, 1.82) is 0 Å². The van der Waals surface area contributed by atoms with Gasteiger partial charge in [0, 0.05) is 5.92 Å². The fourth-order valence-electron chi connectivity index (χ4n) is 3.74. The molecule has 2 aromatic carbocycles. The van der Waals surface area contributed by atoms with Crippen molar-refractivity contribution in [3.05, 3.63) is 71.8 Å². The van der Waals surface area contributed by atoms with E-state index < -0.39 is 11.7 Å². The molecule has 6 heteroatoms. The molecule has 0 spiro atoms. The summed E-state index contributed by atoms with van der Waals surface area (Å²) in [5, 5.41) is 2.94. The van der Waals surface area contributed by atoms with E-state index in [1.165, 1.54) is 0 Å². The molecule has 0 aromatic heterocycles. The quantitative estimate of drug-likeness (QED) is 0.642. The van der Waals surface area contributed by atoms with E-state index in [1.807, 2.05) is 81.4 Å². The van der Waals surface area contributed by atoms with Gasteiger partial charge in [0.15, 0.2) is 0 Å². The van der Waals surface area contributed by atoms with Crippen LogP contribution < -0.4 is 5.32 Å². The Morgan fingerprint density at radius 3 is 2.19 bits per heavy atom. The highest BCUT2D eigenvalue weighted by Gasteiger charge is 2.40. The molecule has 2 aromatic rings. The summed E-state index contributed by atoms with van der Waals surface area (Å²) >= 11 is 0. The lowest BCUT2D eigenvalue weighted by Gasteiger charge is -2.41. The molecule has 1 amide bonds. The van der Waals surface area contributed by atoms with E-state index in [9.17, 15) is 4.79 Å². The zero-order chi connectivity index (χ0) is 23.0. The minimum atomic E-state index is -0.570. The number of alkyl carbamates (subject to hydrolysis) is 1. The Bertz CT molecular complexity index is 821. The molecule has 1 aliphatic rings. The van der Waals surface area contributed by atoms with Crippen LogP contribution >= 0.6 is 0 Å². The number of amides is 1.